The molecule has 96 valence electrons. The van der Waals surface area contributed by atoms with Crippen molar-refractivity contribution < 1.29 is 0 Å². The molecule has 5 heteroatoms. The number of hydrogen-bond acceptors (Lipinski definition) is 4. The summed E-state index contributed by atoms with van der Waals surface area (Å²) in [6, 6.07) is 6.59. The first-order chi connectivity index (χ1) is 8.54. The Balaban J connectivity index is 2.13. The van der Waals surface area contributed by atoms with Gasteiger partial charge in [-0.05, 0) is 62.2 Å². The van der Waals surface area contributed by atoms with Crippen LogP contribution in [0.4, 0.5) is 0 Å². The number of nitrogens with zero attached hydrogens (tertiary/aromatic N) is 2. The van der Waals surface area contributed by atoms with Crippen LogP contribution in [-0.4, -0.2) is 21.2 Å². The van der Waals surface area contributed by atoms with Crippen molar-refractivity contribution in [3.8, 4) is 0 Å². The lowest BCUT2D eigenvalue weighted by molar-refractivity contribution is 0.734. The van der Waals surface area contributed by atoms with E-state index >= 15 is 0 Å². The third-order valence-corrected chi connectivity index (χ3v) is 3.50. The molecule has 1 unspecified atom stereocenters. The SMILES string of the molecule is Cc1nc(Sc2ccc(CC(C)N)c(C)c2)n[nH]1. The fraction of sp³-hybridized carbons (Fsp3) is 0.385. The minimum absolute atomic E-state index is 0.192. The molecule has 0 amide bonds. The zero-order valence-corrected chi connectivity index (χ0v) is 11.7. The molecule has 0 aliphatic carbocycles. The van der Waals surface area contributed by atoms with E-state index in [-0.39, 0.29) is 6.04 Å². The fourth-order valence-corrected chi connectivity index (χ4v) is 2.64. The number of aryl methyl sites for hydroxylation is 2. The van der Waals surface area contributed by atoms with Crippen LogP contribution in [0.1, 0.15) is 23.9 Å². The van der Waals surface area contributed by atoms with Crippen LogP contribution >= 0.6 is 11.8 Å². The molecule has 1 atom stereocenters. The lowest BCUT2D eigenvalue weighted by Gasteiger charge is -2.09. The topological polar surface area (TPSA) is 67.6 Å². The maximum atomic E-state index is 5.83. The molecule has 18 heavy (non-hydrogen) atoms. The van der Waals surface area contributed by atoms with Crippen molar-refractivity contribution in [2.24, 2.45) is 5.73 Å². The van der Waals surface area contributed by atoms with Gasteiger partial charge in [0.05, 0.1) is 0 Å². The molecular weight excluding hydrogens is 244 g/mol. The minimum atomic E-state index is 0.192. The van der Waals surface area contributed by atoms with Gasteiger partial charge in [-0.2, -0.15) is 0 Å². The van der Waals surface area contributed by atoms with Crippen molar-refractivity contribution in [2.45, 2.75) is 43.3 Å². The maximum Gasteiger partial charge on any atom is 0.213 e. The first kappa shape index (κ1) is 13.1. The second-order valence-electron chi connectivity index (χ2n) is 4.58. The third-order valence-electron chi connectivity index (χ3n) is 2.64. The van der Waals surface area contributed by atoms with E-state index in [0.29, 0.717) is 0 Å². The van der Waals surface area contributed by atoms with Crippen molar-refractivity contribution in [2.75, 3.05) is 0 Å². The van der Waals surface area contributed by atoms with Crippen molar-refractivity contribution in [3.05, 3.63) is 35.2 Å². The van der Waals surface area contributed by atoms with E-state index < -0.39 is 0 Å². The predicted molar refractivity (Wildman–Crippen MR) is 73.8 cm³/mol. The summed E-state index contributed by atoms with van der Waals surface area (Å²) in [5.41, 5.74) is 8.40. The highest BCUT2D eigenvalue weighted by Crippen LogP contribution is 2.26. The van der Waals surface area contributed by atoms with Gasteiger partial charge in [0.1, 0.15) is 5.82 Å². The van der Waals surface area contributed by atoms with Crippen LogP contribution in [0.2, 0.25) is 0 Å². The first-order valence-corrected chi connectivity index (χ1v) is 6.78. The summed E-state index contributed by atoms with van der Waals surface area (Å²) in [6.45, 7) is 6.04. The third kappa shape index (κ3) is 3.34. The molecule has 0 saturated heterocycles. The highest BCUT2D eigenvalue weighted by Gasteiger charge is 2.06. The summed E-state index contributed by atoms with van der Waals surface area (Å²) >= 11 is 1.57. The first-order valence-electron chi connectivity index (χ1n) is 5.96. The average molecular weight is 262 g/mol. The number of nitrogens with one attached hydrogen (secondary N) is 1. The standard InChI is InChI=1S/C13H18N4S/c1-8-6-12(5-4-11(8)7-9(2)14)18-13-15-10(3)16-17-13/h4-6,9H,7,14H2,1-3H3,(H,15,16,17). The van der Waals surface area contributed by atoms with E-state index in [0.717, 1.165) is 22.3 Å². The molecule has 3 N–H and O–H groups in total. The lowest BCUT2D eigenvalue weighted by Crippen LogP contribution is -2.18. The Labute approximate surface area is 111 Å². The summed E-state index contributed by atoms with van der Waals surface area (Å²) < 4.78 is 0. The Kier molecular flexibility index (Phi) is 4.04. The Morgan fingerprint density at radius 2 is 2.17 bits per heavy atom. The number of nitrogens with two attached hydrogens (primary N) is 1. The number of aromatic nitrogens is 3. The molecule has 0 saturated carbocycles. The number of aromatic amines is 1. The van der Waals surface area contributed by atoms with Crippen LogP contribution in [0.15, 0.2) is 28.3 Å². The quantitative estimate of drug-likeness (QED) is 0.888. The summed E-state index contributed by atoms with van der Waals surface area (Å²) in [5, 5.41) is 7.72. The number of benzene rings is 1. The van der Waals surface area contributed by atoms with Gasteiger partial charge in [-0.3, -0.25) is 5.10 Å². The Bertz CT molecular complexity index is 534. The van der Waals surface area contributed by atoms with Crippen LogP contribution in [0.3, 0.4) is 0 Å². The zero-order valence-electron chi connectivity index (χ0n) is 10.9. The van der Waals surface area contributed by atoms with Crippen LogP contribution in [0.25, 0.3) is 0 Å². The molecule has 0 spiro atoms. The largest absolute Gasteiger partial charge is 0.328 e. The highest BCUT2D eigenvalue weighted by atomic mass is 32.2. The summed E-state index contributed by atoms with van der Waals surface area (Å²) in [5.74, 6) is 0.836. The Hall–Kier alpha value is -1.33. The normalized spacial score (nSPS) is 12.7. The Morgan fingerprint density at radius 3 is 2.72 bits per heavy atom. The molecule has 0 aliphatic heterocycles. The van der Waals surface area contributed by atoms with Crippen molar-refractivity contribution >= 4 is 11.8 Å². The summed E-state index contributed by atoms with van der Waals surface area (Å²) in [6.07, 6.45) is 0.913. The van der Waals surface area contributed by atoms with Gasteiger partial charge >= 0.3 is 0 Å². The molecular formula is C13H18N4S. The minimum Gasteiger partial charge on any atom is -0.328 e. The van der Waals surface area contributed by atoms with Gasteiger partial charge in [-0.15, -0.1) is 5.10 Å². The molecule has 0 bridgehead atoms. The summed E-state index contributed by atoms with van der Waals surface area (Å²) in [4.78, 5) is 5.44. The number of H-pyrrole nitrogens is 1. The predicted octanol–water partition coefficient (Wildman–Crippen LogP) is 2.46. The fourth-order valence-electron chi connectivity index (χ4n) is 1.78. The molecule has 1 aromatic carbocycles. The van der Waals surface area contributed by atoms with E-state index in [9.17, 15) is 0 Å². The van der Waals surface area contributed by atoms with Crippen LogP contribution in [-0.2, 0) is 6.42 Å². The smallest absolute Gasteiger partial charge is 0.213 e. The van der Waals surface area contributed by atoms with Gasteiger partial charge in [0.2, 0.25) is 5.16 Å². The van der Waals surface area contributed by atoms with Gasteiger partial charge in [0.15, 0.2) is 0 Å². The van der Waals surface area contributed by atoms with Crippen LogP contribution in [0, 0.1) is 13.8 Å². The molecule has 1 aromatic heterocycles. The highest BCUT2D eigenvalue weighted by molar-refractivity contribution is 7.99. The second kappa shape index (κ2) is 5.54. The molecule has 0 radical (unpaired) electrons. The molecule has 2 aromatic rings. The number of hydrogen-bond donors (Lipinski definition) is 2. The van der Waals surface area contributed by atoms with E-state index in [1.807, 2.05) is 13.8 Å². The van der Waals surface area contributed by atoms with Gasteiger partial charge in [-0.25, -0.2) is 4.98 Å². The summed E-state index contributed by atoms with van der Waals surface area (Å²) in [7, 11) is 0. The molecule has 2 rings (SSSR count). The van der Waals surface area contributed by atoms with Gasteiger partial charge < -0.3 is 5.73 Å². The van der Waals surface area contributed by atoms with Crippen molar-refractivity contribution in [1.29, 1.82) is 0 Å². The van der Waals surface area contributed by atoms with Crippen molar-refractivity contribution in [1.82, 2.24) is 15.2 Å². The van der Waals surface area contributed by atoms with Crippen molar-refractivity contribution in [3.63, 3.8) is 0 Å². The Morgan fingerprint density at radius 1 is 1.39 bits per heavy atom. The molecule has 0 fully saturated rings. The average Bonchev–Trinajstić information content (AvgIpc) is 2.68. The van der Waals surface area contributed by atoms with E-state index in [4.69, 9.17) is 5.73 Å². The second-order valence-corrected chi connectivity index (χ2v) is 5.62. The maximum absolute atomic E-state index is 5.83. The lowest BCUT2D eigenvalue weighted by atomic mass is 10.0. The van der Waals surface area contributed by atoms with E-state index in [2.05, 4.69) is 40.3 Å². The molecule has 4 nitrogen and oxygen atoms in total. The van der Waals surface area contributed by atoms with E-state index in [1.165, 1.54) is 11.1 Å². The van der Waals surface area contributed by atoms with Gasteiger partial charge in [0, 0.05) is 10.9 Å². The van der Waals surface area contributed by atoms with Gasteiger partial charge in [0.25, 0.3) is 0 Å². The van der Waals surface area contributed by atoms with E-state index in [1.54, 1.807) is 11.8 Å². The van der Waals surface area contributed by atoms with Crippen LogP contribution in [0.5, 0.6) is 0 Å². The zero-order chi connectivity index (χ0) is 13.1. The molecule has 0 aliphatic rings. The monoisotopic (exact) mass is 262 g/mol. The molecule has 1 heterocycles. The number of rotatable bonds is 4. The van der Waals surface area contributed by atoms with Gasteiger partial charge in [-0.1, -0.05) is 6.07 Å². The van der Waals surface area contributed by atoms with Crippen LogP contribution < -0.4 is 5.73 Å².